The van der Waals surface area contributed by atoms with E-state index >= 15 is 0 Å². The van der Waals surface area contributed by atoms with Crippen LogP contribution in [0.3, 0.4) is 0 Å². The van der Waals surface area contributed by atoms with Crippen molar-refractivity contribution >= 4 is 5.69 Å². The van der Waals surface area contributed by atoms with E-state index in [4.69, 9.17) is 0 Å². The number of nitriles is 1. The SMILES string of the molecule is Cc1nn(CN(C)Cc2ccc(N3CCCCC3)cc2)c(=O)c(C#N)c1C. The van der Waals surface area contributed by atoms with Crippen LogP contribution in [0.15, 0.2) is 29.1 Å². The topological polar surface area (TPSA) is 65.2 Å². The van der Waals surface area contributed by atoms with Crippen molar-refractivity contribution < 1.29 is 0 Å². The molecule has 0 bridgehead atoms. The Bertz CT molecular complexity index is 889. The number of hydrogen-bond donors (Lipinski definition) is 0. The second kappa shape index (κ2) is 8.36. The maximum absolute atomic E-state index is 12.4. The van der Waals surface area contributed by atoms with Gasteiger partial charge in [0, 0.05) is 25.3 Å². The molecule has 2 aromatic rings. The predicted octanol–water partition coefficient (Wildman–Crippen LogP) is 2.81. The summed E-state index contributed by atoms with van der Waals surface area (Å²) in [7, 11) is 1.95. The standard InChI is InChI=1S/C21H27N5O/c1-16-17(2)23-26(21(27)20(16)13-22)15-24(3)14-18-7-9-19(10-8-18)25-11-5-4-6-12-25/h7-10H,4-6,11-12,14-15H2,1-3H3. The zero-order valence-corrected chi connectivity index (χ0v) is 16.4. The van der Waals surface area contributed by atoms with Gasteiger partial charge >= 0.3 is 0 Å². The third-order valence-electron chi connectivity index (χ3n) is 5.23. The normalized spacial score (nSPS) is 14.4. The average molecular weight is 365 g/mol. The molecule has 0 aliphatic carbocycles. The Kier molecular flexibility index (Phi) is 5.92. The van der Waals surface area contributed by atoms with E-state index in [0.717, 1.165) is 13.1 Å². The summed E-state index contributed by atoms with van der Waals surface area (Å²) in [6.45, 7) is 6.93. The molecule has 1 saturated heterocycles. The number of aryl methyl sites for hydroxylation is 1. The molecule has 1 aliphatic rings. The predicted molar refractivity (Wildman–Crippen MR) is 107 cm³/mol. The minimum atomic E-state index is -0.326. The number of piperidine rings is 1. The molecular weight excluding hydrogens is 338 g/mol. The van der Waals surface area contributed by atoms with Gasteiger partial charge in [-0.15, -0.1) is 0 Å². The van der Waals surface area contributed by atoms with Crippen LogP contribution >= 0.6 is 0 Å². The van der Waals surface area contributed by atoms with E-state index in [0.29, 0.717) is 24.5 Å². The molecule has 27 heavy (non-hydrogen) atoms. The molecule has 1 fully saturated rings. The first-order valence-corrected chi connectivity index (χ1v) is 9.50. The third-order valence-corrected chi connectivity index (χ3v) is 5.23. The molecular formula is C21H27N5O. The second-order valence-electron chi connectivity index (χ2n) is 7.37. The maximum Gasteiger partial charge on any atom is 0.286 e. The molecule has 1 aromatic heterocycles. The fourth-order valence-electron chi connectivity index (χ4n) is 3.55. The molecule has 2 heterocycles. The van der Waals surface area contributed by atoms with Crippen molar-refractivity contribution in [3.05, 3.63) is 57.0 Å². The van der Waals surface area contributed by atoms with Gasteiger partial charge in [0.05, 0.1) is 12.4 Å². The van der Waals surface area contributed by atoms with Crippen LogP contribution < -0.4 is 10.5 Å². The highest BCUT2D eigenvalue weighted by atomic mass is 16.1. The lowest BCUT2D eigenvalue weighted by atomic mass is 10.1. The van der Waals surface area contributed by atoms with Gasteiger partial charge in [-0.2, -0.15) is 10.4 Å². The lowest BCUT2D eigenvalue weighted by Crippen LogP contribution is -2.34. The Hall–Kier alpha value is -2.65. The minimum absolute atomic E-state index is 0.182. The summed E-state index contributed by atoms with van der Waals surface area (Å²) in [5.74, 6) is 0. The third kappa shape index (κ3) is 4.37. The average Bonchev–Trinajstić information content (AvgIpc) is 2.68. The summed E-state index contributed by atoms with van der Waals surface area (Å²) in [5.41, 5.74) is 3.71. The van der Waals surface area contributed by atoms with E-state index in [2.05, 4.69) is 34.3 Å². The molecule has 142 valence electrons. The molecule has 1 aromatic carbocycles. The highest BCUT2D eigenvalue weighted by molar-refractivity contribution is 5.47. The van der Waals surface area contributed by atoms with E-state index in [9.17, 15) is 10.1 Å². The van der Waals surface area contributed by atoms with Crippen molar-refractivity contribution in [2.45, 2.75) is 46.3 Å². The number of aromatic nitrogens is 2. The minimum Gasteiger partial charge on any atom is -0.372 e. The molecule has 0 unspecified atom stereocenters. The highest BCUT2D eigenvalue weighted by Crippen LogP contribution is 2.20. The van der Waals surface area contributed by atoms with Crippen molar-refractivity contribution in [2.24, 2.45) is 0 Å². The van der Waals surface area contributed by atoms with Gasteiger partial charge in [-0.25, -0.2) is 4.68 Å². The first-order chi connectivity index (χ1) is 13.0. The van der Waals surface area contributed by atoms with Crippen LogP contribution in [-0.2, 0) is 13.2 Å². The summed E-state index contributed by atoms with van der Waals surface area (Å²) >= 11 is 0. The van der Waals surface area contributed by atoms with Gasteiger partial charge in [0.15, 0.2) is 0 Å². The van der Waals surface area contributed by atoms with Crippen LogP contribution in [0, 0.1) is 25.2 Å². The van der Waals surface area contributed by atoms with Crippen LogP contribution in [0.25, 0.3) is 0 Å². The summed E-state index contributed by atoms with van der Waals surface area (Å²) in [4.78, 5) is 16.9. The van der Waals surface area contributed by atoms with Gasteiger partial charge in [0.1, 0.15) is 11.6 Å². The van der Waals surface area contributed by atoms with Crippen molar-refractivity contribution in [3.8, 4) is 6.07 Å². The van der Waals surface area contributed by atoms with Gasteiger partial charge in [0.2, 0.25) is 0 Å². The van der Waals surface area contributed by atoms with Gasteiger partial charge in [-0.05, 0) is 63.4 Å². The molecule has 6 nitrogen and oxygen atoms in total. The zero-order chi connectivity index (χ0) is 19.4. The van der Waals surface area contributed by atoms with Crippen molar-refractivity contribution in [2.75, 3.05) is 25.0 Å². The molecule has 0 spiro atoms. The van der Waals surface area contributed by atoms with E-state index in [1.165, 1.54) is 35.2 Å². The Morgan fingerprint density at radius 2 is 1.81 bits per heavy atom. The van der Waals surface area contributed by atoms with Crippen LogP contribution in [0.5, 0.6) is 0 Å². The van der Waals surface area contributed by atoms with Gasteiger partial charge < -0.3 is 4.90 Å². The quantitative estimate of drug-likeness (QED) is 0.815. The zero-order valence-electron chi connectivity index (χ0n) is 16.4. The van der Waals surface area contributed by atoms with Gasteiger partial charge in [-0.3, -0.25) is 9.69 Å². The van der Waals surface area contributed by atoms with E-state index < -0.39 is 0 Å². The van der Waals surface area contributed by atoms with Crippen LogP contribution in [0.2, 0.25) is 0 Å². The monoisotopic (exact) mass is 365 g/mol. The molecule has 0 amide bonds. The first kappa shape index (κ1) is 19.1. The second-order valence-corrected chi connectivity index (χ2v) is 7.37. The van der Waals surface area contributed by atoms with E-state index in [-0.39, 0.29) is 11.1 Å². The summed E-state index contributed by atoms with van der Waals surface area (Å²) in [6.07, 6.45) is 3.87. The molecule has 0 N–H and O–H groups in total. The summed E-state index contributed by atoms with van der Waals surface area (Å²) < 4.78 is 1.38. The van der Waals surface area contributed by atoms with Gasteiger partial charge in [0.25, 0.3) is 5.56 Å². The Balaban J connectivity index is 1.68. The highest BCUT2D eigenvalue weighted by Gasteiger charge is 2.13. The lowest BCUT2D eigenvalue weighted by Gasteiger charge is -2.29. The number of hydrogen-bond acceptors (Lipinski definition) is 5. The Morgan fingerprint density at radius 3 is 2.44 bits per heavy atom. The molecule has 1 aliphatic heterocycles. The number of anilines is 1. The van der Waals surface area contributed by atoms with E-state index in [1.54, 1.807) is 6.92 Å². The molecule has 0 saturated carbocycles. The maximum atomic E-state index is 12.4. The lowest BCUT2D eigenvalue weighted by molar-refractivity contribution is 0.239. The van der Waals surface area contributed by atoms with Gasteiger partial charge in [-0.1, -0.05) is 12.1 Å². The number of nitrogens with zero attached hydrogens (tertiary/aromatic N) is 5. The molecule has 3 rings (SSSR count). The van der Waals surface area contributed by atoms with E-state index in [1.807, 2.05) is 24.9 Å². The summed E-state index contributed by atoms with van der Waals surface area (Å²) in [6, 6.07) is 10.7. The number of benzene rings is 1. The number of rotatable bonds is 5. The van der Waals surface area contributed by atoms with Crippen molar-refractivity contribution in [1.29, 1.82) is 5.26 Å². The smallest absolute Gasteiger partial charge is 0.286 e. The Labute approximate surface area is 160 Å². The van der Waals surface area contributed by atoms with Crippen molar-refractivity contribution in [3.63, 3.8) is 0 Å². The van der Waals surface area contributed by atoms with Crippen LogP contribution in [0.1, 0.15) is 41.6 Å². The largest absolute Gasteiger partial charge is 0.372 e. The molecule has 6 heteroatoms. The molecule has 0 radical (unpaired) electrons. The van der Waals surface area contributed by atoms with Crippen LogP contribution in [0.4, 0.5) is 5.69 Å². The molecule has 0 atom stereocenters. The Morgan fingerprint density at radius 1 is 1.15 bits per heavy atom. The van der Waals surface area contributed by atoms with Crippen molar-refractivity contribution in [1.82, 2.24) is 14.7 Å². The van der Waals surface area contributed by atoms with Crippen LogP contribution in [-0.4, -0.2) is 34.8 Å². The fourth-order valence-corrected chi connectivity index (χ4v) is 3.55. The first-order valence-electron chi connectivity index (χ1n) is 9.50. The fraction of sp³-hybridized carbons (Fsp3) is 0.476. The summed E-state index contributed by atoms with van der Waals surface area (Å²) in [5, 5.41) is 13.6.